The van der Waals surface area contributed by atoms with Gasteiger partial charge in [-0.15, -0.1) is 0 Å². The summed E-state index contributed by atoms with van der Waals surface area (Å²) in [5.41, 5.74) is 1.49. The summed E-state index contributed by atoms with van der Waals surface area (Å²) < 4.78 is 0. The van der Waals surface area contributed by atoms with Crippen LogP contribution in [0.4, 0.5) is 0 Å². The lowest BCUT2D eigenvalue weighted by molar-refractivity contribution is -0.132. The number of aromatic nitrogens is 1. The number of hydrogen-bond donors (Lipinski definition) is 0. The van der Waals surface area contributed by atoms with Crippen LogP contribution in [-0.2, 0) is 9.59 Å². The van der Waals surface area contributed by atoms with Gasteiger partial charge in [0.2, 0.25) is 5.78 Å². The van der Waals surface area contributed by atoms with E-state index in [9.17, 15) is 9.59 Å². The first kappa shape index (κ1) is 11.0. The van der Waals surface area contributed by atoms with Crippen molar-refractivity contribution < 1.29 is 9.59 Å². The number of rotatable bonds is 0. The summed E-state index contributed by atoms with van der Waals surface area (Å²) >= 11 is 0. The Kier molecular flexibility index (Phi) is 2.09. The van der Waals surface area contributed by atoms with Crippen LogP contribution in [0, 0.1) is 0 Å². The fraction of sp³-hybridized carbons (Fsp3) is 0. The number of carbonyl (C=O) groups is 2. The number of amides is 1. The molecule has 0 radical (unpaired) electrons. The van der Waals surface area contributed by atoms with E-state index in [0.29, 0.717) is 16.1 Å². The van der Waals surface area contributed by atoms with Crippen LogP contribution in [0.25, 0.3) is 27.9 Å². The van der Waals surface area contributed by atoms with Crippen molar-refractivity contribution in [2.75, 3.05) is 0 Å². The molecule has 0 saturated heterocycles. The molecule has 2 aromatic carbocycles. The molecule has 4 nitrogen and oxygen atoms in total. The highest BCUT2D eigenvalue weighted by molar-refractivity contribution is 6.48. The van der Waals surface area contributed by atoms with Crippen LogP contribution in [0.3, 0.4) is 0 Å². The summed E-state index contributed by atoms with van der Waals surface area (Å²) in [5, 5.41) is 3.06. The number of para-hydroxylation sites is 1. The van der Waals surface area contributed by atoms with E-state index in [1.165, 1.54) is 6.08 Å². The van der Waals surface area contributed by atoms with Crippen LogP contribution >= 0.6 is 0 Å². The Morgan fingerprint density at radius 1 is 0.900 bits per heavy atom. The second kappa shape index (κ2) is 3.81. The van der Waals surface area contributed by atoms with E-state index in [-0.39, 0.29) is 0 Å². The van der Waals surface area contributed by atoms with Gasteiger partial charge < -0.3 is 0 Å². The van der Waals surface area contributed by atoms with Gasteiger partial charge >= 0.3 is 5.91 Å². The molecule has 0 spiro atoms. The molecule has 0 aliphatic carbocycles. The van der Waals surface area contributed by atoms with Gasteiger partial charge in [-0.1, -0.05) is 30.3 Å². The van der Waals surface area contributed by atoms with E-state index in [0.717, 1.165) is 16.3 Å². The summed E-state index contributed by atoms with van der Waals surface area (Å²) in [7, 11) is 0. The van der Waals surface area contributed by atoms with Crippen molar-refractivity contribution in [1.29, 1.82) is 0 Å². The SMILES string of the molecule is O=C1C=c2ccc3cc4ccccc4nc3c2=NC1=O. The maximum absolute atomic E-state index is 11.5. The van der Waals surface area contributed by atoms with Crippen molar-refractivity contribution in [2.24, 2.45) is 4.99 Å². The van der Waals surface area contributed by atoms with Crippen LogP contribution in [0.1, 0.15) is 0 Å². The van der Waals surface area contributed by atoms with Crippen LogP contribution in [-0.4, -0.2) is 16.7 Å². The highest BCUT2D eigenvalue weighted by Crippen LogP contribution is 2.16. The Labute approximate surface area is 113 Å². The molecule has 0 N–H and O–H groups in total. The minimum absolute atomic E-state index is 0.484. The van der Waals surface area contributed by atoms with Crippen molar-refractivity contribution >= 4 is 39.6 Å². The number of benzene rings is 2. The lowest BCUT2D eigenvalue weighted by Crippen LogP contribution is -2.34. The van der Waals surface area contributed by atoms with E-state index in [1.54, 1.807) is 6.07 Å². The van der Waals surface area contributed by atoms with E-state index in [4.69, 9.17) is 0 Å². The second-order valence-electron chi connectivity index (χ2n) is 4.68. The molecule has 1 aliphatic rings. The molecule has 0 atom stereocenters. The first-order valence-corrected chi connectivity index (χ1v) is 6.20. The highest BCUT2D eigenvalue weighted by Gasteiger charge is 2.15. The van der Waals surface area contributed by atoms with E-state index in [1.807, 2.05) is 36.4 Å². The number of fused-ring (bicyclic) bond motifs is 4. The van der Waals surface area contributed by atoms with E-state index < -0.39 is 11.7 Å². The lowest BCUT2D eigenvalue weighted by atomic mass is 10.1. The molecule has 94 valence electrons. The summed E-state index contributed by atoms with van der Waals surface area (Å²) in [4.78, 5) is 31.3. The average molecular weight is 260 g/mol. The average Bonchev–Trinajstić information content (AvgIpc) is 2.47. The molecule has 20 heavy (non-hydrogen) atoms. The molecule has 0 bridgehead atoms. The van der Waals surface area contributed by atoms with Gasteiger partial charge in [0.1, 0.15) is 5.36 Å². The van der Waals surface area contributed by atoms with Gasteiger partial charge in [-0.25, -0.2) is 9.98 Å². The zero-order valence-corrected chi connectivity index (χ0v) is 10.3. The molecule has 1 amide bonds. The normalized spacial score (nSPS) is 14.0. The summed E-state index contributed by atoms with van der Waals surface area (Å²) in [6, 6.07) is 13.5. The first-order valence-electron chi connectivity index (χ1n) is 6.20. The molecule has 4 heteroatoms. The maximum atomic E-state index is 11.5. The number of pyridine rings is 1. The number of hydrogen-bond acceptors (Lipinski definition) is 3. The first-order chi connectivity index (χ1) is 9.72. The zero-order valence-electron chi connectivity index (χ0n) is 10.3. The summed E-state index contributed by atoms with van der Waals surface area (Å²) in [6.45, 7) is 0. The molecular weight excluding hydrogens is 252 g/mol. The van der Waals surface area contributed by atoms with Gasteiger partial charge in [0.15, 0.2) is 0 Å². The number of ketones is 1. The molecule has 4 rings (SSSR count). The van der Waals surface area contributed by atoms with Crippen molar-refractivity contribution in [3.63, 3.8) is 0 Å². The minimum Gasteiger partial charge on any atom is -0.284 e. The molecule has 1 aromatic heterocycles. The van der Waals surface area contributed by atoms with Crippen molar-refractivity contribution in [3.05, 3.63) is 53.0 Å². The zero-order chi connectivity index (χ0) is 13.7. The van der Waals surface area contributed by atoms with Gasteiger partial charge in [0.25, 0.3) is 0 Å². The Balaban J connectivity index is 2.25. The summed E-state index contributed by atoms with van der Waals surface area (Å²) in [6.07, 6.45) is 1.32. The van der Waals surface area contributed by atoms with Gasteiger partial charge in [0.05, 0.1) is 11.0 Å². The number of carbonyl (C=O) groups excluding carboxylic acids is 2. The predicted octanol–water partition coefficient (Wildman–Crippen LogP) is 0.897. The Morgan fingerprint density at radius 2 is 1.75 bits per heavy atom. The van der Waals surface area contributed by atoms with Gasteiger partial charge in [-0.3, -0.25) is 9.59 Å². The topological polar surface area (TPSA) is 59.4 Å². The fourth-order valence-corrected chi connectivity index (χ4v) is 2.44. The fourth-order valence-electron chi connectivity index (χ4n) is 2.44. The standard InChI is InChI=1S/C16H8N2O2/c19-13-8-11-6-5-10-7-9-3-1-2-4-12(9)17-14(10)15(11)18-16(13)20/h1-8H. The van der Waals surface area contributed by atoms with Crippen LogP contribution < -0.4 is 10.6 Å². The van der Waals surface area contributed by atoms with Gasteiger partial charge in [-0.2, -0.15) is 0 Å². The summed E-state index contributed by atoms with van der Waals surface area (Å²) in [5.74, 6) is -1.32. The molecule has 2 heterocycles. The maximum Gasteiger partial charge on any atom is 0.318 e. The van der Waals surface area contributed by atoms with Gasteiger partial charge in [-0.05, 0) is 12.1 Å². The third kappa shape index (κ3) is 1.48. The van der Waals surface area contributed by atoms with Crippen LogP contribution in [0.5, 0.6) is 0 Å². The second-order valence-corrected chi connectivity index (χ2v) is 4.68. The number of nitrogens with zero attached hydrogens (tertiary/aromatic N) is 2. The molecule has 3 aromatic rings. The molecular formula is C16H8N2O2. The van der Waals surface area contributed by atoms with Crippen molar-refractivity contribution in [3.8, 4) is 0 Å². The Morgan fingerprint density at radius 3 is 2.65 bits per heavy atom. The van der Waals surface area contributed by atoms with E-state index >= 15 is 0 Å². The van der Waals surface area contributed by atoms with Crippen LogP contribution in [0.15, 0.2) is 47.5 Å². The molecule has 1 aliphatic heterocycles. The quantitative estimate of drug-likeness (QED) is 0.445. The minimum atomic E-state index is -0.736. The third-order valence-corrected chi connectivity index (χ3v) is 3.40. The smallest absolute Gasteiger partial charge is 0.284 e. The van der Waals surface area contributed by atoms with Gasteiger partial charge in [0, 0.05) is 22.1 Å². The molecule has 0 unspecified atom stereocenters. The lowest BCUT2D eigenvalue weighted by Gasteiger charge is -2.04. The van der Waals surface area contributed by atoms with Crippen LogP contribution in [0.2, 0.25) is 0 Å². The third-order valence-electron chi connectivity index (χ3n) is 3.40. The highest BCUT2D eigenvalue weighted by atomic mass is 16.2. The number of Topliss-reactive ketones (excluding diaryl/α,β-unsaturated/α-hetero) is 1. The predicted molar refractivity (Wildman–Crippen MR) is 74.5 cm³/mol. The molecule has 0 saturated carbocycles. The largest absolute Gasteiger partial charge is 0.318 e. The van der Waals surface area contributed by atoms with E-state index in [2.05, 4.69) is 9.98 Å². The van der Waals surface area contributed by atoms with Crippen molar-refractivity contribution in [1.82, 2.24) is 4.98 Å². The Hall–Kier alpha value is -2.88. The Bertz CT molecular complexity index is 1040. The monoisotopic (exact) mass is 260 g/mol. The molecule has 0 fully saturated rings. The van der Waals surface area contributed by atoms with Crippen molar-refractivity contribution in [2.45, 2.75) is 0 Å².